The Morgan fingerprint density at radius 1 is 1.11 bits per heavy atom. The molecule has 3 rings (SSSR count). The van der Waals surface area contributed by atoms with Crippen molar-refractivity contribution in [3.8, 4) is 0 Å². The van der Waals surface area contributed by atoms with E-state index in [1.807, 2.05) is 44.3 Å². The average molecular weight is 365 g/mol. The Kier molecular flexibility index (Phi) is 5.91. The number of para-hydroxylation sites is 1. The van der Waals surface area contributed by atoms with Crippen molar-refractivity contribution in [3.05, 3.63) is 59.7 Å². The third-order valence-corrected chi connectivity index (χ3v) is 5.11. The highest BCUT2D eigenvalue weighted by molar-refractivity contribution is 6.10. The van der Waals surface area contributed by atoms with Crippen LogP contribution in [0.25, 0.3) is 0 Å². The van der Waals surface area contributed by atoms with E-state index < -0.39 is 0 Å². The molecule has 5 heteroatoms. The molecule has 1 aliphatic carbocycles. The Labute approximate surface area is 160 Å². The molecule has 1 fully saturated rings. The van der Waals surface area contributed by atoms with Crippen LogP contribution in [0.3, 0.4) is 0 Å². The third-order valence-electron chi connectivity index (χ3n) is 5.11. The lowest BCUT2D eigenvalue weighted by atomic mass is 10.1. The minimum absolute atomic E-state index is 0.110. The number of amides is 2. The van der Waals surface area contributed by atoms with Crippen LogP contribution in [0, 0.1) is 12.8 Å². The number of nitrogens with zero attached hydrogens (tertiary/aromatic N) is 1. The number of rotatable bonds is 7. The Morgan fingerprint density at radius 2 is 1.85 bits per heavy atom. The maximum atomic E-state index is 12.7. The van der Waals surface area contributed by atoms with Crippen molar-refractivity contribution in [2.75, 3.05) is 24.2 Å². The minimum atomic E-state index is -0.240. The summed E-state index contributed by atoms with van der Waals surface area (Å²) < 4.78 is 0. The summed E-state index contributed by atoms with van der Waals surface area (Å²) in [6, 6.07) is 15.1. The predicted molar refractivity (Wildman–Crippen MR) is 109 cm³/mol. The summed E-state index contributed by atoms with van der Waals surface area (Å²) in [7, 11) is 1.97. The van der Waals surface area contributed by atoms with Crippen LogP contribution < -0.4 is 10.6 Å². The second-order valence-corrected chi connectivity index (χ2v) is 7.41. The number of likely N-dealkylation sites (N-methyl/N-ethyl adjacent to an activating group) is 1. The summed E-state index contributed by atoms with van der Waals surface area (Å²) in [5.74, 6) is 0.354. The minimum Gasteiger partial charge on any atom is -0.324 e. The fourth-order valence-corrected chi connectivity index (χ4v) is 3.21. The molecule has 2 amide bonds. The molecular weight excluding hydrogens is 338 g/mol. The highest BCUT2D eigenvalue weighted by Crippen LogP contribution is 2.34. The van der Waals surface area contributed by atoms with Crippen LogP contribution in [0.1, 0.15) is 35.7 Å². The van der Waals surface area contributed by atoms with Crippen molar-refractivity contribution < 1.29 is 9.59 Å². The second kappa shape index (κ2) is 8.35. The van der Waals surface area contributed by atoms with E-state index in [0.29, 0.717) is 29.8 Å². The van der Waals surface area contributed by atoms with Gasteiger partial charge in [-0.1, -0.05) is 24.3 Å². The van der Waals surface area contributed by atoms with Gasteiger partial charge in [0.25, 0.3) is 5.91 Å². The monoisotopic (exact) mass is 365 g/mol. The topological polar surface area (TPSA) is 61.4 Å². The highest BCUT2D eigenvalue weighted by atomic mass is 16.2. The molecule has 0 aliphatic heterocycles. The third kappa shape index (κ3) is 5.17. The van der Waals surface area contributed by atoms with Gasteiger partial charge in [0, 0.05) is 11.7 Å². The first kappa shape index (κ1) is 19.1. The molecule has 2 aromatic rings. The van der Waals surface area contributed by atoms with Gasteiger partial charge in [0.2, 0.25) is 5.91 Å². The Bertz CT molecular complexity index is 830. The summed E-state index contributed by atoms with van der Waals surface area (Å²) in [5, 5.41) is 5.79. The Balaban J connectivity index is 1.66. The van der Waals surface area contributed by atoms with Crippen LogP contribution in [0.2, 0.25) is 0 Å². The first-order chi connectivity index (χ1) is 12.9. The molecule has 1 aliphatic rings. The lowest BCUT2D eigenvalue weighted by Gasteiger charge is -2.24. The average Bonchev–Trinajstić information content (AvgIpc) is 3.46. The fourth-order valence-electron chi connectivity index (χ4n) is 3.21. The molecular formula is C22H27N3O2. The van der Waals surface area contributed by atoms with Crippen LogP contribution in [0.5, 0.6) is 0 Å². The standard InChI is InChI=1S/C22H27N3O2/c1-15-7-6-8-18(13-15)23-22(27)19-9-4-5-10-20(19)24-21(26)14-25(3)16(2)17-11-12-17/h4-10,13,16-17H,11-12,14H2,1-3H3,(H,23,27)(H,24,26)/t16-/m0/s1. The van der Waals surface area contributed by atoms with Crippen LogP contribution in [0.4, 0.5) is 11.4 Å². The number of aryl methyl sites for hydroxylation is 1. The molecule has 0 aromatic heterocycles. The van der Waals surface area contributed by atoms with Gasteiger partial charge < -0.3 is 10.6 Å². The molecule has 142 valence electrons. The van der Waals surface area contributed by atoms with E-state index in [2.05, 4.69) is 22.5 Å². The van der Waals surface area contributed by atoms with Crippen molar-refractivity contribution in [1.29, 1.82) is 0 Å². The number of anilines is 2. The molecule has 1 saturated carbocycles. The number of hydrogen-bond acceptors (Lipinski definition) is 3. The number of benzene rings is 2. The fraction of sp³-hybridized carbons (Fsp3) is 0.364. The van der Waals surface area contributed by atoms with Crippen molar-refractivity contribution in [1.82, 2.24) is 4.90 Å². The zero-order valence-corrected chi connectivity index (χ0v) is 16.2. The van der Waals surface area contributed by atoms with Crippen LogP contribution >= 0.6 is 0 Å². The molecule has 0 unspecified atom stereocenters. The normalized spacial score (nSPS) is 14.7. The predicted octanol–water partition coefficient (Wildman–Crippen LogP) is 3.92. The lowest BCUT2D eigenvalue weighted by Crippen LogP contribution is -2.37. The van der Waals surface area contributed by atoms with E-state index in [0.717, 1.165) is 11.3 Å². The summed E-state index contributed by atoms with van der Waals surface area (Å²) in [4.78, 5) is 27.2. The van der Waals surface area contributed by atoms with E-state index in [1.54, 1.807) is 18.2 Å². The molecule has 0 radical (unpaired) electrons. The maximum Gasteiger partial charge on any atom is 0.257 e. The smallest absolute Gasteiger partial charge is 0.257 e. The van der Waals surface area contributed by atoms with Crippen LogP contribution in [-0.4, -0.2) is 36.3 Å². The molecule has 0 spiro atoms. The van der Waals surface area contributed by atoms with Crippen molar-refractivity contribution in [3.63, 3.8) is 0 Å². The number of carbonyl (C=O) groups is 2. The largest absolute Gasteiger partial charge is 0.324 e. The molecule has 0 saturated heterocycles. The SMILES string of the molecule is Cc1cccc(NC(=O)c2ccccc2NC(=O)CN(C)[C@@H](C)C2CC2)c1. The van der Waals surface area contributed by atoms with E-state index in [1.165, 1.54) is 12.8 Å². The molecule has 0 heterocycles. The van der Waals surface area contributed by atoms with Gasteiger partial charge in [0.05, 0.1) is 17.8 Å². The first-order valence-electron chi connectivity index (χ1n) is 9.41. The Morgan fingerprint density at radius 3 is 2.56 bits per heavy atom. The van der Waals surface area contributed by atoms with E-state index >= 15 is 0 Å². The summed E-state index contributed by atoms with van der Waals surface area (Å²) in [5.41, 5.74) is 2.78. The van der Waals surface area contributed by atoms with Gasteiger partial charge in [-0.2, -0.15) is 0 Å². The molecule has 27 heavy (non-hydrogen) atoms. The molecule has 1 atom stereocenters. The van der Waals surface area contributed by atoms with Gasteiger partial charge in [-0.05, 0) is 69.5 Å². The molecule has 2 N–H and O–H groups in total. The van der Waals surface area contributed by atoms with Crippen molar-refractivity contribution in [2.24, 2.45) is 5.92 Å². The number of nitrogens with one attached hydrogen (secondary N) is 2. The Hall–Kier alpha value is -2.66. The quantitative estimate of drug-likeness (QED) is 0.782. The lowest BCUT2D eigenvalue weighted by molar-refractivity contribution is -0.117. The van der Waals surface area contributed by atoms with Gasteiger partial charge in [-0.3, -0.25) is 14.5 Å². The summed E-state index contributed by atoms with van der Waals surface area (Å²) >= 11 is 0. The number of carbonyl (C=O) groups excluding carboxylic acids is 2. The summed E-state index contributed by atoms with van der Waals surface area (Å²) in [6.07, 6.45) is 2.49. The van der Waals surface area contributed by atoms with Gasteiger partial charge in [0.15, 0.2) is 0 Å². The van der Waals surface area contributed by atoms with Gasteiger partial charge in [0.1, 0.15) is 0 Å². The van der Waals surface area contributed by atoms with Crippen molar-refractivity contribution >= 4 is 23.2 Å². The van der Waals surface area contributed by atoms with Gasteiger partial charge in [-0.25, -0.2) is 0 Å². The van der Waals surface area contributed by atoms with Crippen molar-refractivity contribution in [2.45, 2.75) is 32.7 Å². The van der Waals surface area contributed by atoms with E-state index in [4.69, 9.17) is 0 Å². The first-order valence-corrected chi connectivity index (χ1v) is 9.41. The second-order valence-electron chi connectivity index (χ2n) is 7.41. The van der Waals surface area contributed by atoms with Gasteiger partial charge in [-0.15, -0.1) is 0 Å². The number of hydrogen-bond donors (Lipinski definition) is 2. The van der Waals surface area contributed by atoms with E-state index in [9.17, 15) is 9.59 Å². The summed E-state index contributed by atoms with van der Waals surface area (Å²) in [6.45, 7) is 4.45. The zero-order valence-electron chi connectivity index (χ0n) is 16.2. The van der Waals surface area contributed by atoms with E-state index in [-0.39, 0.29) is 11.8 Å². The maximum absolute atomic E-state index is 12.7. The highest BCUT2D eigenvalue weighted by Gasteiger charge is 2.31. The molecule has 2 aromatic carbocycles. The van der Waals surface area contributed by atoms with Crippen LogP contribution in [0.15, 0.2) is 48.5 Å². The van der Waals surface area contributed by atoms with Crippen LogP contribution in [-0.2, 0) is 4.79 Å². The van der Waals surface area contributed by atoms with Gasteiger partial charge >= 0.3 is 0 Å². The molecule has 5 nitrogen and oxygen atoms in total. The zero-order chi connectivity index (χ0) is 19.4. The molecule has 0 bridgehead atoms.